The van der Waals surface area contributed by atoms with E-state index >= 15 is 0 Å². The van der Waals surface area contributed by atoms with Crippen LogP contribution >= 0.6 is 0 Å². The number of rotatable bonds is 3. The van der Waals surface area contributed by atoms with Gasteiger partial charge in [0, 0.05) is 13.1 Å². The van der Waals surface area contributed by atoms with Crippen LogP contribution in [-0.2, 0) is 48.6 Å². The Kier molecular flexibility index (Phi) is 17.7. The summed E-state index contributed by atoms with van der Waals surface area (Å²) in [4.78, 5) is 24.4. The third-order valence-electron chi connectivity index (χ3n) is 4.89. The first kappa shape index (κ1) is 34.2. The second kappa shape index (κ2) is 20.2. The number of carbonyl (C=O) groups is 2. The average molecular weight is 590 g/mol. The van der Waals surface area contributed by atoms with Crippen LogP contribution in [0.2, 0.25) is 0 Å². The fourth-order valence-electron chi connectivity index (χ4n) is 3.07. The van der Waals surface area contributed by atoms with Crippen LogP contribution in [0, 0.1) is 23.7 Å². The lowest BCUT2D eigenvalue weighted by molar-refractivity contribution is -0.135. The van der Waals surface area contributed by atoms with Gasteiger partial charge >= 0.3 is 12.1 Å². The smallest absolute Gasteiger partial charge is 0.435 e. The number of esters is 1. The third-order valence-corrected chi connectivity index (χ3v) is 7.25. The predicted molar refractivity (Wildman–Crippen MR) is 141 cm³/mol. The molecule has 13 nitrogen and oxygen atoms in total. The van der Waals surface area contributed by atoms with Crippen molar-refractivity contribution in [2.24, 2.45) is 0 Å². The Morgan fingerprint density at radius 1 is 1.18 bits per heavy atom. The van der Waals surface area contributed by atoms with E-state index in [1.165, 1.54) is 12.3 Å². The van der Waals surface area contributed by atoms with Crippen molar-refractivity contribution in [1.29, 1.82) is 5.26 Å². The molecule has 0 aromatic heterocycles. The second-order valence-corrected chi connectivity index (χ2v) is 11.1. The molecule has 0 radical (unpaired) electrons. The first-order valence-electron chi connectivity index (χ1n) is 12.1. The van der Waals surface area contributed by atoms with Gasteiger partial charge in [-0.15, -0.1) is 6.42 Å². The quantitative estimate of drug-likeness (QED) is 0.151. The zero-order valence-corrected chi connectivity index (χ0v) is 23.4. The average Bonchev–Trinajstić information content (AvgIpc) is 3.73. The topological polar surface area (TPSA) is 162 Å². The molecular weight excluding hydrogens is 554 g/mol. The van der Waals surface area contributed by atoms with Crippen LogP contribution in [0.25, 0.3) is 0 Å². The summed E-state index contributed by atoms with van der Waals surface area (Å²) in [5.74, 6) is 3.40. The first-order chi connectivity index (χ1) is 18.7. The molecule has 5 aliphatic heterocycles. The summed E-state index contributed by atoms with van der Waals surface area (Å²) in [5, 5.41) is 8.48. The molecule has 39 heavy (non-hydrogen) atoms. The Morgan fingerprint density at radius 3 is 2.23 bits per heavy atom. The van der Waals surface area contributed by atoms with E-state index in [0.29, 0.717) is 45.8 Å². The summed E-state index contributed by atoms with van der Waals surface area (Å²) in [6.45, 7) is 8.93. The molecule has 0 aliphatic carbocycles. The zero-order chi connectivity index (χ0) is 28.9. The van der Waals surface area contributed by atoms with E-state index in [9.17, 15) is 22.2 Å². The van der Waals surface area contributed by atoms with Crippen molar-refractivity contribution in [3.63, 3.8) is 0 Å². The van der Waals surface area contributed by atoms with Crippen molar-refractivity contribution in [2.45, 2.75) is 31.8 Å². The van der Waals surface area contributed by atoms with Gasteiger partial charge in [0.1, 0.15) is 6.61 Å². The minimum Gasteiger partial charge on any atom is -0.435 e. The molecule has 0 aromatic rings. The van der Waals surface area contributed by atoms with E-state index in [2.05, 4.69) is 50.9 Å². The van der Waals surface area contributed by atoms with Crippen LogP contribution in [0.15, 0.2) is 25.0 Å². The number of ether oxygens (including phenoxy) is 3. The van der Waals surface area contributed by atoms with Gasteiger partial charge in [0.05, 0.1) is 63.2 Å². The molecule has 0 saturated carbocycles. The number of hydrogen-bond donors (Lipinski definition) is 0. The van der Waals surface area contributed by atoms with Crippen molar-refractivity contribution < 1.29 is 44.8 Å². The van der Waals surface area contributed by atoms with Crippen LogP contribution in [0.1, 0.15) is 25.7 Å². The molecule has 218 valence electrons. The molecule has 2 unspecified atom stereocenters. The number of terminal acetylenes is 1. The third kappa shape index (κ3) is 17.4. The van der Waals surface area contributed by atoms with Crippen molar-refractivity contribution in [2.75, 3.05) is 64.2 Å². The first-order valence-corrected chi connectivity index (χ1v) is 15.0. The zero-order valence-electron chi connectivity index (χ0n) is 21.7. The van der Waals surface area contributed by atoms with E-state index < -0.39 is 27.4 Å². The highest BCUT2D eigenvalue weighted by Crippen LogP contribution is 2.06. The Morgan fingerprint density at radius 2 is 1.92 bits per heavy atom. The molecule has 0 bridgehead atoms. The minimum atomic E-state index is -3.05. The summed E-state index contributed by atoms with van der Waals surface area (Å²) >= 11 is -0.923. The molecule has 0 N–H and O–H groups in total. The van der Waals surface area contributed by atoms with Gasteiger partial charge in [-0.3, -0.25) is 23.0 Å². The van der Waals surface area contributed by atoms with Crippen LogP contribution in [0.5, 0.6) is 0 Å². The molecule has 4 fully saturated rings. The highest BCUT2D eigenvalue weighted by molar-refractivity contribution is 7.86. The molecule has 2 atom stereocenters. The van der Waals surface area contributed by atoms with Crippen molar-refractivity contribution in [3.8, 4) is 18.4 Å². The maximum absolute atomic E-state index is 10.2. The van der Waals surface area contributed by atoms with Crippen LogP contribution in [0.3, 0.4) is 0 Å². The molecule has 0 aromatic carbocycles. The highest BCUT2D eigenvalue weighted by Gasteiger charge is 2.21. The summed E-state index contributed by atoms with van der Waals surface area (Å²) in [7, 11) is -3.05. The maximum Gasteiger partial charge on any atom is 0.509 e. The molecule has 5 aliphatic rings. The largest absolute Gasteiger partial charge is 0.509 e. The second-order valence-electron chi connectivity index (χ2n) is 8.10. The van der Waals surface area contributed by atoms with Crippen molar-refractivity contribution in [1.82, 2.24) is 9.80 Å². The lowest BCUT2D eigenvalue weighted by Gasteiger charge is -2.32. The molecule has 5 rings (SSSR count). The number of cyclic esters (lactones) is 3. The fourth-order valence-corrected chi connectivity index (χ4v) is 4.81. The SMILES string of the molecule is C#CCN1CCCN(CC#N)C1.C=CC1COC(=O)O1.O=C1CC=CO1.O=S1(=O)CCCO1.O=S1CCCO1. The van der Waals surface area contributed by atoms with Crippen molar-refractivity contribution >= 4 is 33.3 Å². The number of hydrogen-bond acceptors (Lipinski definition) is 13. The van der Waals surface area contributed by atoms with Gasteiger partial charge in [-0.25, -0.2) is 9.00 Å². The molecule has 0 amide bonds. The predicted octanol–water partition coefficient (Wildman–Crippen LogP) is 1.07. The van der Waals surface area contributed by atoms with E-state index in [1.54, 1.807) is 6.08 Å². The molecular formula is C24H35N3O10S2. The van der Waals surface area contributed by atoms with E-state index in [-0.39, 0.29) is 17.8 Å². The summed E-state index contributed by atoms with van der Waals surface area (Å²) in [6.07, 6.45) is 12.2. The Bertz CT molecular complexity index is 966. The lowest BCUT2D eigenvalue weighted by Crippen LogP contribution is -2.44. The monoisotopic (exact) mass is 589 g/mol. The maximum atomic E-state index is 10.2. The molecule has 15 heteroatoms. The highest BCUT2D eigenvalue weighted by atomic mass is 32.2. The van der Waals surface area contributed by atoms with Gasteiger partial charge in [0.15, 0.2) is 17.2 Å². The van der Waals surface area contributed by atoms with Crippen molar-refractivity contribution in [3.05, 3.63) is 25.0 Å². The number of nitrogens with zero attached hydrogens (tertiary/aromatic N) is 3. The Hall–Kier alpha value is -2.79. The summed E-state index contributed by atoms with van der Waals surface area (Å²) in [6, 6.07) is 2.15. The standard InChI is InChI=1S/C9H13N3.C5H6O3.C4H4O2.C3H6O3S.C3H6O2S/c1-2-5-11-6-3-7-12(9-11)8-4-10;1-2-4-3-7-5(6)8-4;5-4-2-1-3-6-4;4-7(5)3-1-2-6-7;4-6-3-1-2-5-6/h1H,3,5-9H2;2,4H,1,3H2;1,3H,2H2;1-3H2;1-3H2. The van der Waals surface area contributed by atoms with Gasteiger partial charge in [0.2, 0.25) is 0 Å². The summed E-state index contributed by atoms with van der Waals surface area (Å²) < 4.78 is 52.8. The minimum absolute atomic E-state index is 0.157. The fraction of sp³-hybridized carbons (Fsp3) is 0.625. The molecule has 5 heterocycles. The molecule has 0 spiro atoms. The van der Waals surface area contributed by atoms with Crippen LogP contribution in [-0.4, -0.2) is 105 Å². The normalized spacial score (nSPS) is 24.7. The Labute approximate surface area is 232 Å². The van der Waals surface area contributed by atoms with E-state index in [0.717, 1.165) is 38.4 Å². The van der Waals surface area contributed by atoms with Gasteiger partial charge in [-0.1, -0.05) is 12.5 Å². The summed E-state index contributed by atoms with van der Waals surface area (Å²) in [5.41, 5.74) is 0. The number of nitriles is 1. The Balaban J connectivity index is 0.000000251. The van der Waals surface area contributed by atoms with E-state index in [1.807, 2.05) is 0 Å². The van der Waals surface area contributed by atoms with Gasteiger partial charge in [-0.2, -0.15) is 13.7 Å². The van der Waals surface area contributed by atoms with E-state index in [4.69, 9.17) is 11.7 Å². The van der Waals surface area contributed by atoms with Gasteiger partial charge < -0.3 is 14.2 Å². The van der Waals surface area contributed by atoms with Gasteiger partial charge in [-0.05, 0) is 31.4 Å². The number of carbonyl (C=O) groups excluding carboxylic acids is 2. The lowest BCUT2D eigenvalue weighted by atomic mass is 10.3. The van der Waals surface area contributed by atoms with Gasteiger partial charge in [0.25, 0.3) is 10.1 Å². The van der Waals surface area contributed by atoms with Crippen LogP contribution in [0.4, 0.5) is 4.79 Å². The molecule has 4 saturated heterocycles. The van der Waals surface area contributed by atoms with Crippen LogP contribution < -0.4 is 0 Å².